The van der Waals surface area contributed by atoms with Gasteiger partial charge in [0.15, 0.2) is 29.4 Å². The van der Waals surface area contributed by atoms with Crippen molar-refractivity contribution in [1.29, 1.82) is 0 Å². The molecule has 7 heteroatoms. The molecule has 0 spiro atoms. The first-order valence-corrected chi connectivity index (χ1v) is 6.09. The van der Waals surface area contributed by atoms with Crippen molar-refractivity contribution in [2.45, 2.75) is 39.4 Å². The van der Waals surface area contributed by atoms with Gasteiger partial charge >= 0.3 is 5.97 Å². The number of benzene rings is 1. The fourth-order valence-electron chi connectivity index (χ4n) is 1.68. The van der Waals surface area contributed by atoms with Crippen LogP contribution >= 0.6 is 0 Å². The standard InChI is InChI=1S/C14H16F4O3/c1-6-8(15)10(17)7(11(18)9(6)16)12(20-5)13(19)21-14(2,3)4/h12H,1-5H3. The van der Waals surface area contributed by atoms with E-state index in [1.165, 1.54) is 20.8 Å². The zero-order valence-corrected chi connectivity index (χ0v) is 12.3. The Bertz CT molecular complexity index is 535. The van der Waals surface area contributed by atoms with E-state index in [1.54, 1.807) is 0 Å². The molecule has 1 atom stereocenters. The summed E-state index contributed by atoms with van der Waals surface area (Å²) in [6.07, 6.45) is -1.91. The van der Waals surface area contributed by atoms with Crippen LogP contribution in [-0.2, 0) is 14.3 Å². The molecule has 0 bridgehead atoms. The third-order valence-electron chi connectivity index (χ3n) is 2.64. The second kappa shape index (κ2) is 6.01. The fraction of sp³-hybridized carbons (Fsp3) is 0.500. The summed E-state index contributed by atoms with van der Waals surface area (Å²) in [5.41, 5.74) is -2.91. The van der Waals surface area contributed by atoms with Gasteiger partial charge in [-0.2, -0.15) is 0 Å². The Balaban J connectivity index is 3.40. The predicted molar refractivity (Wildman–Crippen MR) is 66.6 cm³/mol. The van der Waals surface area contributed by atoms with Crippen LogP contribution < -0.4 is 0 Å². The number of carbonyl (C=O) groups excluding carboxylic acids is 1. The smallest absolute Gasteiger partial charge is 0.340 e. The maximum atomic E-state index is 13.9. The van der Waals surface area contributed by atoms with Crippen LogP contribution in [0.5, 0.6) is 0 Å². The van der Waals surface area contributed by atoms with Gasteiger partial charge in [0.05, 0.1) is 5.56 Å². The van der Waals surface area contributed by atoms with Crippen LogP contribution in [0.2, 0.25) is 0 Å². The lowest BCUT2D eigenvalue weighted by molar-refractivity contribution is -0.167. The fourth-order valence-corrected chi connectivity index (χ4v) is 1.68. The van der Waals surface area contributed by atoms with Gasteiger partial charge in [0.2, 0.25) is 0 Å². The Hall–Kier alpha value is -1.63. The van der Waals surface area contributed by atoms with E-state index >= 15 is 0 Å². The molecule has 118 valence electrons. The van der Waals surface area contributed by atoms with Gasteiger partial charge in [-0.1, -0.05) is 0 Å². The van der Waals surface area contributed by atoms with Crippen LogP contribution in [0.3, 0.4) is 0 Å². The summed E-state index contributed by atoms with van der Waals surface area (Å²) in [6.45, 7) is 5.47. The second-order valence-electron chi connectivity index (χ2n) is 5.44. The maximum Gasteiger partial charge on any atom is 0.340 e. The van der Waals surface area contributed by atoms with E-state index in [-0.39, 0.29) is 0 Å². The number of hydrogen-bond acceptors (Lipinski definition) is 3. The van der Waals surface area contributed by atoms with Gasteiger partial charge in [0.1, 0.15) is 5.60 Å². The first-order chi connectivity index (χ1) is 9.51. The van der Waals surface area contributed by atoms with Crippen molar-refractivity contribution < 1.29 is 31.8 Å². The molecule has 1 aromatic rings. The lowest BCUT2D eigenvalue weighted by atomic mass is 10.0. The molecule has 0 aliphatic heterocycles. The molecule has 0 aliphatic carbocycles. The van der Waals surface area contributed by atoms with E-state index < -0.39 is 52.1 Å². The van der Waals surface area contributed by atoms with Gasteiger partial charge < -0.3 is 9.47 Å². The quantitative estimate of drug-likeness (QED) is 0.486. The normalized spacial score (nSPS) is 13.2. The third kappa shape index (κ3) is 3.53. The maximum absolute atomic E-state index is 13.9. The molecule has 1 aromatic carbocycles. The second-order valence-corrected chi connectivity index (χ2v) is 5.44. The molecule has 0 amide bonds. The highest BCUT2D eigenvalue weighted by Crippen LogP contribution is 2.31. The van der Waals surface area contributed by atoms with Crippen LogP contribution in [0.25, 0.3) is 0 Å². The van der Waals surface area contributed by atoms with Crippen LogP contribution in [-0.4, -0.2) is 18.7 Å². The largest absolute Gasteiger partial charge is 0.458 e. The molecule has 0 heterocycles. The monoisotopic (exact) mass is 308 g/mol. The van der Waals surface area contributed by atoms with Gasteiger partial charge in [-0.3, -0.25) is 0 Å². The number of esters is 1. The average molecular weight is 308 g/mol. The van der Waals surface area contributed by atoms with Crippen molar-refractivity contribution in [2.75, 3.05) is 7.11 Å². The zero-order valence-electron chi connectivity index (χ0n) is 12.3. The van der Waals surface area contributed by atoms with Crippen molar-refractivity contribution >= 4 is 5.97 Å². The Morgan fingerprint density at radius 1 is 1.00 bits per heavy atom. The molecule has 0 fully saturated rings. The van der Waals surface area contributed by atoms with E-state index in [1.807, 2.05) is 0 Å². The van der Waals surface area contributed by atoms with Crippen molar-refractivity contribution in [3.05, 3.63) is 34.4 Å². The number of methoxy groups -OCH3 is 1. The molecule has 0 saturated carbocycles. The summed E-state index contributed by atoms with van der Waals surface area (Å²) < 4.78 is 64.4. The van der Waals surface area contributed by atoms with Gasteiger partial charge in [-0.15, -0.1) is 0 Å². The SMILES string of the molecule is COC(C(=O)OC(C)(C)C)c1c(F)c(F)c(C)c(F)c1F. The minimum absolute atomic E-state index is 0.812. The highest BCUT2D eigenvalue weighted by atomic mass is 19.2. The molecule has 1 unspecified atom stereocenters. The van der Waals surface area contributed by atoms with E-state index in [9.17, 15) is 22.4 Å². The lowest BCUT2D eigenvalue weighted by Gasteiger charge is -2.24. The molecule has 3 nitrogen and oxygen atoms in total. The van der Waals surface area contributed by atoms with E-state index in [0.29, 0.717) is 0 Å². The van der Waals surface area contributed by atoms with Crippen molar-refractivity contribution in [2.24, 2.45) is 0 Å². The van der Waals surface area contributed by atoms with Crippen LogP contribution in [0, 0.1) is 30.2 Å². The molecule has 0 aliphatic rings. The minimum Gasteiger partial charge on any atom is -0.458 e. The topological polar surface area (TPSA) is 35.5 Å². The first kappa shape index (κ1) is 17.4. The molecular weight excluding hydrogens is 292 g/mol. The Kier molecular flexibility index (Phi) is 4.99. The van der Waals surface area contributed by atoms with E-state index in [0.717, 1.165) is 14.0 Å². The number of ether oxygens (including phenoxy) is 2. The summed E-state index contributed by atoms with van der Waals surface area (Å²) in [6, 6.07) is 0. The molecule has 0 aromatic heterocycles. The summed E-state index contributed by atoms with van der Waals surface area (Å²) in [4.78, 5) is 11.9. The van der Waals surface area contributed by atoms with Crippen molar-refractivity contribution in [1.82, 2.24) is 0 Å². The first-order valence-electron chi connectivity index (χ1n) is 6.09. The Labute approximate surface area is 119 Å². The van der Waals surface area contributed by atoms with Gasteiger partial charge in [0, 0.05) is 12.7 Å². The number of hydrogen-bond donors (Lipinski definition) is 0. The van der Waals surface area contributed by atoms with E-state index in [4.69, 9.17) is 4.74 Å². The summed E-state index contributed by atoms with van der Waals surface area (Å²) in [5.74, 6) is -7.65. The summed E-state index contributed by atoms with van der Waals surface area (Å²) in [7, 11) is 0.975. The van der Waals surface area contributed by atoms with Crippen molar-refractivity contribution in [3.63, 3.8) is 0 Å². The van der Waals surface area contributed by atoms with Gasteiger partial charge in [-0.25, -0.2) is 22.4 Å². The van der Waals surface area contributed by atoms with Crippen LogP contribution in [0.4, 0.5) is 17.6 Å². The average Bonchev–Trinajstić information content (AvgIpc) is 2.37. The summed E-state index contributed by atoms with van der Waals surface area (Å²) >= 11 is 0. The van der Waals surface area contributed by atoms with Crippen LogP contribution in [0.1, 0.15) is 38.0 Å². The molecule has 1 rings (SSSR count). The Morgan fingerprint density at radius 3 is 1.76 bits per heavy atom. The molecule has 21 heavy (non-hydrogen) atoms. The molecule has 0 radical (unpaired) electrons. The number of halogens is 4. The van der Waals surface area contributed by atoms with Crippen molar-refractivity contribution in [3.8, 4) is 0 Å². The zero-order chi connectivity index (χ0) is 16.5. The van der Waals surface area contributed by atoms with Gasteiger partial charge in [0.25, 0.3) is 0 Å². The number of carbonyl (C=O) groups is 1. The molecule has 0 N–H and O–H groups in total. The Morgan fingerprint density at radius 2 is 1.43 bits per heavy atom. The molecule has 0 saturated heterocycles. The summed E-state index contributed by atoms with van der Waals surface area (Å²) in [5, 5.41) is 0. The van der Waals surface area contributed by atoms with Gasteiger partial charge in [-0.05, 0) is 27.7 Å². The van der Waals surface area contributed by atoms with Crippen LogP contribution in [0.15, 0.2) is 0 Å². The van der Waals surface area contributed by atoms with E-state index in [2.05, 4.69) is 4.74 Å². The minimum atomic E-state index is -1.91. The number of rotatable bonds is 3. The predicted octanol–water partition coefficient (Wildman–Crippen LogP) is 3.58. The highest BCUT2D eigenvalue weighted by Gasteiger charge is 2.35. The third-order valence-corrected chi connectivity index (χ3v) is 2.64. The lowest BCUT2D eigenvalue weighted by Crippen LogP contribution is -2.30. The highest BCUT2D eigenvalue weighted by molar-refractivity contribution is 5.77. The molecular formula is C14H16F4O3.